The topological polar surface area (TPSA) is 67.9 Å². The molecule has 0 amide bonds. The van der Waals surface area contributed by atoms with Crippen LogP contribution in [0.2, 0.25) is 0 Å². The minimum absolute atomic E-state index is 0.0132. The second-order valence-electron chi connectivity index (χ2n) is 6.17. The summed E-state index contributed by atoms with van der Waals surface area (Å²) < 4.78 is 9.26. The summed E-state index contributed by atoms with van der Waals surface area (Å²) in [7, 11) is 4.56. The van der Waals surface area contributed by atoms with Gasteiger partial charge in [0.1, 0.15) is 5.70 Å². The number of hydrogen-bond donors (Lipinski definition) is 1. The molecule has 23 heavy (non-hydrogen) atoms. The molecule has 1 N–H and O–H groups in total. The number of nitrogens with zero attached hydrogens (tertiary/aromatic N) is 1. The van der Waals surface area contributed by atoms with Crippen molar-refractivity contribution in [1.82, 2.24) is 0 Å². The van der Waals surface area contributed by atoms with Crippen molar-refractivity contribution in [3.8, 4) is 0 Å². The lowest BCUT2D eigenvalue weighted by atomic mass is 9.87. The third-order valence-electron chi connectivity index (χ3n) is 3.92. The van der Waals surface area contributed by atoms with Gasteiger partial charge in [-0.2, -0.15) is 0 Å². The van der Waals surface area contributed by atoms with Gasteiger partial charge in [-0.15, -0.1) is 0 Å². The molecule has 1 aliphatic heterocycles. The number of fused-ring (bicyclic) bond motifs is 1. The minimum Gasteiger partial charge on any atom is -0.466 e. The zero-order chi connectivity index (χ0) is 17.2. The number of hydrogen-bond acceptors (Lipinski definition) is 6. The number of nitrogens with one attached hydrogen (secondary N) is 1. The third-order valence-corrected chi connectivity index (χ3v) is 3.92. The van der Waals surface area contributed by atoms with Gasteiger partial charge >= 0.3 is 11.9 Å². The number of benzene rings is 1. The fraction of sp³-hybridized carbons (Fsp3) is 0.412. The number of methoxy groups -OCH3 is 2. The second kappa shape index (κ2) is 6.32. The summed E-state index contributed by atoms with van der Waals surface area (Å²) in [4.78, 5) is 25.4. The summed E-state index contributed by atoms with van der Waals surface area (Å²) in [5.41, 5.74) is 3.11. The van der Waals surface area contributed by atoms with E-state index in [0.717, 1.165) is 18.3 Å². The van der Waals surface area contributed by atoms with Crippen LogP contribution in [0.5, 0.6) is 0 Å². The molecule has 0 saturated heterocycles. The first-order chi connectivity index (χ1) is 10.8. The van der Waals surface area contributed by atoms with E-state index in [1.54, 1.807) is 0 Å². The first-order valence-corrected chi connectivity index (χ1v) is 7.29. The van der Waals surface area contributed by atoms with Crippen molar-refractivity contribution in [2.75, 3.05) is 38.0 Å². The second-order valence-corrected chi connectivity index (χ2v) is 6.17. The Morgan fingerprint density at radius 1 is 1.26 bits per heavy atom. The highest BCUT2D eigenvalue weighted by Gasteiger charge is 2.33. The standard InChI is InChI=1S/C17H22N2O4/c1-17(2)10-19(3)14-7-6-11(8-12(14)17)18-13(16(21)23-5)9-15(20)22-4/h6-9,18H,10H2,1-5H3/b13-9+. The molecule has 0 spiro atoms. The Kier molecular flexibility index (Phi) is 4.63. The third kappa shape index (κ3) is 3.47. The van der Waals surface area contributed by atoms with Gasteiger partial charge in [-0.05, 0) is 23.8 Å². The summed E-state index contributed by atoms with van der Waals surface area (Å²) in [5.74, 6) is -1.26. The Balaban J connectivity index is 2.34. The Hall–Kier alpha value is -2.50. The van der Waals surface area contributed by atoms with Crippen molar-refractivity contribution in [2.45, 2.75) is 19.3 Å². The average molecular weight is 318 g/mol. The predicted molar refractivity (Wildman–Crippen MR) is 88.5 cm³/mol. The number of carbonyl (C=O) groups is 2. The fourth-order valence-electron chi connectivity index (χ4n) is 2.84. The average Bonchev–Trinajstić information content (AvgIpc) is 2.74. The Morgan fingerprint density at radius 2 is 1.96 bits per heavy atom. The zero-order valence-corrected chi connectivity index (χ0v) is 14.1. The molecule has 0 bridgehead atoms. The molecule has 0 saturated carbocycles. The van der Waals surface area contributed by atoms with Crippen molar-refractivity contribution < 1.29 is 19.1 Å². The van der Waals surface area contributed by atoms with Crippen LogP contribution in [0.25, 0.3) is 0 Å². The number of anilines is 2. The van der Waals surface area contributed by atoms with Crippen LogP contribution in [0.1, 0.15) is 19.4 Å². The van der Waals surface area contributed by atoms with Gasteiger partial charge in [0.25, 0.3) is 0 Å². The van der Waals surface area contributed by atoms with Crippen molar-refractivity contribution >= 4 is 23.3 Å². The molecule has 0 unspecified atom stereocenters. The number of esters is 2. The normalized spacial score (nSPS) is 15.9. The van der Waals surface area contributed by atoms with Crippen LogP contribution in [0.4, 0.5) is 11.4 Å². The molecular weight excluding hydrogens is 296 g/mol. The molecule has 2 rings (SSSR count). The van der Waals surface area contributed by atoms with E-state index in [1.165, 1.54) is 19.8 Å². The lowest BCUT2D eigenvalue weighted by Gasteiger charge is -2.19. The molecule has 1 aromatic rings. The molecule has 1 heterocycles. The predicted octanol–water partition coefficient (Wildman–Crippen LogP) is 2.06. The van der Waals surface area contributed by atoms with E-state index in [-0.39, 0.29) is 11.1 Å². The van der Waals surface area contributed by atoms with Crippen LogP contribution in [-0.4, -0.2) is 39.8 Å². The van der Waals surface area contributed by atoms with E-state index < -0.39 is 11.9 Å². The highest BCUT2D eigenvalue weighted by atomic mass is 16.5. The minimum atomic E-state index is -0.632. The van der Waals surface area contributed by atoms with Gasteiger partial charge in [-0.3, -0.25) is 0 Å². The van der Waals surface area contributed by atoms with Gasteiger partial charge in [0.05, 0.1) is 20.3 Å². The van der Waals surface area contributed by atoms with Gasteiger partial charge in [0.2, 0.25) is 0 Å². The molecule has 1 aromatic carbocycles. The zero-order valence-electron chi connectivity index (χ0n) is 14.1. The summed E-state index contributed by atoms with van der Waals surface area (Å²) >= 11 is 0. The first kappa shape index (κ1) is 16.9. The molecule has 0 aliphatic carbocycles. The maximum absolute atomic E-state index is 11.8. The SMILES string of the molecule is COC(=O)/C=C(/Nc1ccc2c(c1)C(C)(C)CN2C)C(=O)OC. The van der Waals surface area contributed by atoms with Gasteiger partial charge in [-0.1, -0.05) is 13.8 Å². The van der Waals surface area contributed by atoms with Crippen LogP contribution >= 0.6 is 0 Å². The largest absolute Gasteiger partial charge is 0.466 e. The Labute approximate surface area is 136 Å². The monoisotopic (exact) mass is 318 g/mol. The maximum atomic E-state index is 11.8. The number of ether oxygens (including phenoxy) is 2. The lowest BCUT2D eigenvalue weighted by molar-refractivity contribution is -0.138. The highest BCUT2D eigenvalue weighted by Crippen LogP contribution is 2.40. The molecule has 0 atom stereocenters. The van der Waals surface area contributed by atoms with Gasteiger partial charge < -0.3 is 19.7 Å². The van der Waals surface area contributed by atoms with Crippen LogP contribution in [0.15, 0.2) is 30.0 Å². The van der Waals surface area contributed by atoms with E-state index in [4.69, 9.17) is 4.74 Å². The summed E-state index contributed by atoms with van der Waals surface area (Å²) in [5, 5.41) is 2.94. The highest BCUT2D eigenvalue weighted by molar-refractivity contribution is 5.98. The first-order valence-electron chi connectivity index (χ1n) is 7.29. The van der Waals surface area contributed by atoms with Crippen LogP contribution < -0.4 is 10.2 Å². The maximum Gasteiger partial charge on any atom is 0.354 e. The van der Waals surface area contributed by atoms with E-state index in [0.29, 0.717) is 5.69 Å². The van der Waals surface area contributed by atoms with E-state index >= 15 is 0 Å². The number of likely N-dealkylation sites (N-methyl/N-ethyl adjacent to an activating group) is 1. The number of rotatable bonds is 4. The Morgan fingerprint density at radius 3 is 2.57 bits per heavy atom. The van der Waals surface area contributed by atoms with Crippen LogP contribution in [-0.2, 0) is 24.5 Å². The van der Waals surface area contributed by atoms with Crippen LogP contribution in [0, 0.1) is 0 Å². The van der Waals surface area contributed by atoms with Gasteiger partial charge in [0, 0.05) is 30.4 Å². The summed E-state index contributed by atoms with van der Waals surface area (Å²) in [6.45, 7) is 5.27. The van der Waals surface area contributed by atoms with Crippen molar-refractivity contribution in [3.63, 3.8) is 0 Å². The summed E-state index contributed by atoms with van der Waals surface area (Å²) in [6, 6.07) is 5.86. The molecule has 124 valence electrons. The van der Waals surface area contributed by atoms with Crippen LogP contribution in [0.3, 0.4) is 0 Å². The molecule has 0 aromatic heterocycles. The Bertz CT molecular complexity index is 665. The molecule has 0 radical (unpaired) electrons. The van der Waals surface area contributed by atoms with Crippen molar-refractivity contribution in [3.05, 3.63) is 35.5 Å². The molecule has 6 heteroatoms. The van der Waals surface area contributed by atoms with Crippen molar-refractivity contribution in [1.29, 1.82) is 0 Å². The van der Waals surface area contributed by atoms with Crippen molar-refractivity contribution in [2.24, 2.45) is 0 Å². The van der Waals surface area contributed by atoms with Gasteiger partial charge in [-0.25, -0.2) is 9.59 Å². The lowest BCUT2D eigenvalue weighted by Crippen LogP contribution is -2.25. The molecular formula is C17H22N2O4. The smallest absolute Gasteiger partial charge is 0.354 e. The molecule has 0 fully saturated rings. The fourth-order valence-corrected chi connectivity index (χ4v) is 2.84. The molecule has 6 nitrogen and oxygen atoms in total. The van der Waals surface area contributed by atoms with E-state index in [1.807, 2.05) is 18.2 Å². The quantitative estimate of drug-likeness (QED) is 0.677. The van der Waals surface area contributed by atoms with E-state index in [2.05, 4.69) is 35.8 Å². The summed E-state index contributed by atoms with van der Waals surface area (Å²) in [6.07, 6.45) is 1.08. The molecule has 1 aliphatic rings. The number of carbonyl (C=O) groups excluding carboxylic acids is 2. The van der Waals surface area contributed by atoms with E-state index in [9.17, 15) is 9.59 Å². The van der Waals surface area contributed by atoms with Gasteiger partial charge in [0.15, 0.2) is 0 Å².